The van der Waals surface area contributed by atoms with E-state index in [1.165, 1.54) is 11.0 Å². The first-order valence-corrected chi connectivity index (χ1v) is 13.9. The van der Waals surface area contributed by atoms with Crippen LogP contribution in [-0.2, 0) is 26.2 Å². The lowest BCUT2D eigenvalue weighted by Gasteiger charge is -2.33. The summed E-state index contributed by atoms with van der Waals surface area (Å²) < 4.78 is 37.6. The zero-order chi connectivity index (χ0) is 26.5. The second kappa shape index (κ2) is 11.8. The number of anilines is 1. The number of carbonyl (C=O) groups excluding carboxylic acids is 2. The van der Waals surface area contributed by atoms with Crippen molar-refractivity contribution in [1.29, 1.82) is 0 Å². The molecule has 2 aromatic rings. The lowest BCUT2D eigenvalue weighted by atomic mass is 10.1. The van der Waals surface area contributed by atoms with E-state index in [0.29, 0.717) is 36.2 Å². The summed E-state index contributed by atoms with van der Waals surface area (Å²) in [5.74, 6) is 0.0854. The number of hydrogen-bond donors (Lipinski definition) is 1. The number of rotatable bonds is 10. The highest BCUT2D eigenvalue weighted by Gasteiger charge is 2.32. The molecule has 0 saturated carbocycles. The Labute approximate surface area is 217 Å². The van der Waals surface area contributed by atoms with Gasteiger partial charge in [0, 0.05) is 23.7 Å². The molecule has 9 nitrogen and oxygen atoms in total. The van der Waals surface area contributed by atoms with Gasteiger partial charge in [-0.25, -0.2) is 8.42 Å². The van der Waals surface area contributed by atoms with E-state index in [9.17, 15) is 18.0 Å². The van der Waals surface area contributed by atoms with Crippen molar-refractivity contribution >= 4 is 39.1 Å². The Kier molecular flexibility index (Phi) is 9.08. The van der Waals surface area contributed by atoms with Crippen molar-refractivity contribution in [2.45, 2.75) is 45.8 Å². The predicted octanol–water partition coefficient (Wildman–Crippen LogP) is 3.21. The van der Waals surface area contributed by atoms with Crippen molar-refractivity contribution in [2.75, 3.05) is 30.3 Å². The van der Waals surface area contributed by atoms with Crippen LogP contribution in [0.5, 0.6) is 11.5 Å². The van der Waals surface area contributed by atoms with Crippen LogP contribution in [0.4, 0.5) is 5.69 Å². The van der Waals surface area contributed by atoms with E-state index < -0.39 is 28.5 Å². The molecule has 3 rings (SSSR count). The second-order valence-electron chi connectivity index (χ2n) is 8.83. The first-order chi connectivity index (χ1) is 17.0. The van der Waals surface area contributed by atoms with Crippen LogP contribution < -0.4 is 19.1 Å². The fourth-order valence-electron chi connectivity index (χ4n) is 3.89. The third-order valence-corrected chi connectivity index (χ3v) is 6.97. The Hall–Kier alpha value is -2.98. The van der Waals surface area contributed by atoms with Gasteiger partial charge in [-0.2, -0.15) is 0 Å². The Balaban J connectivity index is 1.95. The number of nitrogens with one attached hydrogen (secondary N) is 1. The molecule has 0 bridgehead atoms. The average molecular weight is 538 g/mol. The maximum absolute atomic E-state index is 13.7. The minimum Gasteiger partial charge on any atom is -0.486 e. The Bertz CT molecular complexity index is 1190. The van der Waals surface area contributed by atoms with Crippen molar-refractivity contribution in [3.8, 4) is 11.5 Å². The molecule has 11 heteroatoms. The van der Waals surface area contributed by atoms with Crippen LogP contribution in [0.3, 0.4) is 0 Å². The summed E-state index contributed by atoms with van der Waals surface area (Å²) in [6.07, 6.45) is 1.38. The van der Waals surface area contributed by atoms with Crippen molar-refractivity contribution in [1.82, 2.24) is 10.2 Å². The van der Waals surface area contributed by atoms with Crippen molar-refractivity contribution in [2.24, 2.45) is 0 Å². The molecule has 1 atom stereocenters. The molecule has 36 heavy (non-hydrogen) atoms. The van der Waals surface area contributed by atoms with E-state index in [1.807, 2.05) is 20.8 Å². The largest absolute Gasteiger partial charge is 0.486 e. The monoisotopic (exact) mass is 537 g/mol. The molecule has 0 aliphatic carbocycles. The molecule has 1 aliphatic heterocycles. The normalized spacial score (nSPS) is 13.7. The van der Waals surface area contributed by atoms with E-state index in [2.05, 4.69) is 5.32 Å². The van der Waals surface area contributed by atoms with Crippen LogP contribution in [0, 0.1) is 0 Å². The lowest BCUT2D eigenvalue weighted by Crippen LogP contribution is -2.53. The van der Waals surface area contributed by atoms with E-state index >= 15 is 0 Å². The molecule has 1 unspecified atom stereocenters. The number of sulfonamides is 1. The molecule has 0 spiro atoms. The van der Waals surface area contributed by atoms with Crippen LogP contribution in [0.1, 0.15) is 32.8 Å². The van der Waals surface area contributed by atoms with Gasteiger partial charge in [-0.15, -0.1) is 0 Å². The van der Waals surface area contributed by atoms with Crippen LogP contribution in [-0.4, -0.2) is 63.2 Å². The number of amides is 2. The quantitative estimate of drug-likeness (QED) is 0.499. The van der Waals surface area contributed by atoms with Crippen LogP contribution in [0.2, 0.25) is 5.02 Å². The minimum absolute atomic E-state index is 0.110. The molecule has 0 fully saturated rings. The van der Waals surface area contributed by atoms with E-state index in [0.717, 1.165) is 16.1 Å². The SMILES string of the molecule is CCC(C(=O)NC(C)C)N(Cc1ccc(Cl)cc1)C(=O)CN(c1ccc2c(c1)OCCO2)S(C)(=O)=O. The fourth-order valence-corrected chi connectivity index (χ4v) is 4.86. The number of ether oxygens (including phenoxy) is 2. The molecule has 1 heterocycles. The van der Waals surface area contributed by atoms with Crippen LogP contribution in [0.25, 0.3) is 0 Å². The smallest absolute Gasteiger partial charge is 0.244 e. The number of carbonyl (C=O) groups is 2. The summed E-state index contributed by atoms with van der Waals surface area (Å²) in [4.78, 5) is 28.1. The van der Waals surface area contributed by atoms with Gasteiger partial charge in [-0.05, 0) is 50.1 Å². The van der Waals surface area contributed by atoms with Gasteiger partial charge < -0.3 is 19.7 Å². The summed E-state index contributed by atoms with van der Waals surface area (Å²) in [5, 5.41) is 3.40. The fraction of sp³-hybridized carbons (Fsp3) is 0.440. The van der Waals surface area contributed by atoms with Crippen molar-refractivity contribution in [3.05, 3.63) is 53.1 Å². The number of hydrogen-bond acceptors (Lipinski definition) is 6. The van der Waals surface area contributed by atoms with Gasteiger partial charge in [-0.3, -0.25) is 13.9 Å². The summed E-state index contributed by atoms with van der Waals surface area (Å²) >= 11 is 6.01. The molecule has 0 saturated heterocycles. The highest BCUT2D eigenvalue weighted by atomic mass is 35.5. The molecular formula is C25H32ClN3O6S. The summed E-state index contributed by atoms with van der Waals surface area (Å²) in [5.41, 5.74) is 1.02. The topological polar surface area (TPSA) is 105 Å². The first-order valence-electron chi connectivity index (χ1n) is 11.7. The summed E-state index contributed by atoms with van der Waals surface area (Å²) in [6.45, 7) is 5.84. The highest BCUT2D eigenvalue weighted by molar-refractivity contribution is 7.92. The average Bonchev–Trinajstić information content (AvgIpc) is 2.82. The second-order valence-corrected chi connectivity index (χ2v) is 11.2. The summed E-state index contributed by atoms with van der Waals surface area (Å²) in [7, 11) is -3.85. The Morgan fingerprint density at radius 1 is 1.06 bits per heavy atom. The van der Waals surface area contributed by atoms with E-state index in [-0.39, 0.29) is 24.2 Å². The predicted molar refractivity (Wildman–Crippen MR) is 139 cm³/mol. The van der Waals surface area contributed by atoms with Crippen LogP contribution >= 0.6 is 11.6 Å². The molecule has 2 amide bonds. The third-order valence-electron chi connectivity index (χ3n) is 5.58. The lowest BCUT2D eigenvalue weighted by molar-refractivity contribution is -0.140. The number of benzene rings is 2. The maximum Gasteiger partial charge on any atom is 0.244 e. The Morgan fingerprint density at radius 3 is 2.28 bits per heavy atom. The minimum atomic E-state index is -3.85. The van der Waals surface area contributed by atoms with Crippen molar-refractivity contribution < 1.29 is 27.5 Å². The van der Waals surface area contributed by atoms with Gasteiger partial charge in [0.15, 0.2) is 11.5 Å². The Morgan fingerprint density at radius 2 is 1.69 bits per heavy atom. The summed E-state index contributed by atoms with van der Waals surface area (Å²) in [6, 6.07) is 10.7. The standard InChI is InChI=1S/C25H32ClN3O6S/c1-5-21(25(31)27-17(2)3)28(15-18-6-8-19(26)9-7-18)24(30)16-29(36(4,32)33)20-10-11-22-23(14-20)35-13-12-34-22/h6-11,14,17,21H,5,12-13,15-16H2,1-4H3,(H,27,31). The molecule has 0 radical (unpaired) electrons. The van der Waals surface area contributed by atoms with Gasteiger partial charge >= 0.3 is 0 Å². The molecule has 1 N–H and O–H groups in total. The van der Waals surface area contributed by atoms with E-state index in [4.69, 9.17) is 21.1 Å². The molecule has 2 aromatic carbocycles. The maximum atomic E-state index is 13.7. The van der Waals surface area contributed by atoms with Gasteiger partial charge in [0.2, 0.25) is 21.8 Å². The van der Waals surface area contributed by atoms with Gasteiger partial charge in [0.25, 0.3) is 0 Å². The zero-order valence-electron chi connectivity index (χ0n) is 20.9. The first kappa shape index (κ1) is 27.6. The molecule has 0 aromatic heterocycles. The van der Waals surface area contributed by atoms with Gasteiger partial charge in [-0.1, -0.05) is 30.7 Å². The zero-order valence-corrected chi connectivity index (χ0v) is 22.4. The number of fused-ring (bicyclic) bond motifs is 1. The highest BCUT2D eigenvalue weighted by Crippen LogP contribution is 2.34. The molecule has 196 valence electrons. The third kappa shape index (κ3) is 7.04. The van der Waals surface area contributed by atoms with Crippen molar-refractivity contribution in [3.63, 3.8) is 0 Å². The molecular weight excluding hydrogens is 506 g/mol. The van der Waals surface area contributed by atoms with Gasteiger partial charge in [0.1, 0.15) is 25.8 Å². The number of nitrogens with zero attached hydrogens (tertiary/aromatic N) is 2. The van der Waals surface area contributed by atoms with Gasteiger partial charge in [0.05, 0.1) is 11.9 Å². The van der Waals surface area contributed by atoms with E-state index in [1.54, 1.807) is 36.4 Å². The molecule has 1 aliphatic rings. The number of halogens is 1. The van der Waals surface area contributed by atoms with Crippen LogP contribution in [0.15, 0.2) is 42.5 Å².